The highest BCUT2D eigenvalue weighted by molar-refractivity contribution is 5.63. The van der Waals surface area contributed by atoms with Crippen LogP contribution in [0.1, 0.15) is 49.9 Å². The number of halogens is 3. The van der Waals surface area contributed by atoms with E-state index in [2.05, 4.69) is 23.7 Å². The number of alkyl halides is 3. The number of nitrogen functional groups attached to an aromatic ring is 1. The van der Waals surface area contributed by atoms with E-state index < -0.39 is 17.6 Å². The molecule has 5 rings (SSSR count). The van der Waals surface area contributed by atoms with Crippen molar-refractivity contribution < 1.29 is 17.9 Å². The lowest BCUT2D eigenvalue weighted by atomic mass is 10.0. The average molecular weight is 435 g/mol. The van der Waals surface area contributed by atoms with E-state index in [1.165, 1.54) is 19.0 Å². The van der Waals surface area contributed by atoms with Crippen LogP contribution in [-0.2, 0) is 10.9 Å². The first-order chi connectivity index (χ1) is 14.8. The molecular formula is C22H28F3N5O. The fraction of sp³-hybridized carbons (Fsp3) is 0.636. The van der Waals surface area contributed by atoms with Crippen LogP contribution in [0.25, 0.3) is 11.3 Å². The molecule has 0 spiro atoms. The highest BCUT2D eigenvalue weighted by atomic mass is 19.4. The third-order valence-electron chi connectivity index (χ3n) is 7.10. The van der Waals surface area contributed by atoms with Crippen molar-refractivity contribution in [3.8, 4) is 11.3 Å². The number of ether oxygens (including phenoxy) is 1. The van der Waals surface area contributed by atoms with Gasteiger partial charge in [-0.2, -0.15) is 18.3 Å². The Labute approximate surface area is 179 Å². The van der Waals surface area contributed by atoms with Gasteiger partial charge in [0.1, 0.15) is 5.82 Å². The van der Waals surface area contributed by atoms with Gasteiger partial charge in [0.25, 0.3) is 0 Å². The maximum atomic E-state index is 13.3. The van der Waals surface area contributed by atoms with Gasteiger partial charge in [-0.05, 0) is 50.7 Å². The van der Waals surface area contributed by atoms with Crippen molar-refractivity contribution in [2.45, 2.75) is 50.9 Å². The van der Waals surface area contributed by atoms with E-state index in [9.17, 15) is 13.2 Å². The summed E-state index contributed by atoms with van der Waals surface area (Å²) in [4.78, 5) is 6.35. The SMILES string of the molecule is CC(C)n1nc(-c2cnc(N)c(C(F)(F)F)c2)cc1[C@@H]1[C@H]2CCC(N3CCOCC3)[C@H]21. The van der Waals surface area contributed by atoms with Crippen LogP contribution in [-0.4, -0.2) is 52.0 Å². The smallest absolute Gasteiger partial charge is 0.383 e. The number of aromatic nitrogens is 3. The van der Waals surface area contributed by atoms with Gasteiger partial charge in [0.2, 0.25) is 0 Å². The predicted octanol–water partition coefficient (Wildman–Crippen LogP) is 3.95. The van der Waals surface area contributed by atoms with Crippen molar-refractivity contribution in [1.82, 2.24) is 19.7 Å². The molecule has 0 bridgehead atoms. The molecule has 0 aromatic carbocycles. The summed E-state index contributed by atoms with van der Waals surface area (Å²) in [6.07, 6.45) is -0.760. The van der Waals surface area contributed by atoms with Crippen LogP contribution in [0.5, 0.6) is 0 Å². The Kier molecular flexibility index (Phi) is 5.01. The Morgan fingerprint density at radius 2 is 1.90 bits per heavy atom. The average Bonchev–Trinajstić information content (AvgIpc) is 3.08. The lowest BCUT2D eigenvalue weighted by molar-refractivity contribution is -0.137. The van der Waals surface area contributed by atoms with Crippen LogP contribution in [0, 0.1) is 11.8 Å². The van der Waals surface area contributed by atoms with E-state index in [1.54, 1.807) is 0 Å². The molecule has 0 amide bonds. The van der Waals surface area contributed by atoms with Gasteiger partial charge in [0, 0.05) is 48.5 Å². The molecular weight excluding hydrogens is 407 g/mol. The van der Waals surface area contributed by atoms with E-state index >= 15 is 0 Å². The Balaban J connectivity index is 1.45. The number of nitrogens with two attached hydrogens (primary N) is 1. The molecule has 3 heterocycles. The molecule has 3 aliphatic rings. The number of rotatable bonds is 4. The molecule has 4 atom stereocenters. The zero-order valence-corrected chi connectivity index (χ0v) is 17.8. The number of hydrogen-bond donors (Lipinski definition) is 1. The number of anilines is 1. The summed E-state index contributed by atoms with van der Waals surface area (Å²) in [5.74, 6) is 1.12. The largest absolute Gasteiger partial charge is 0.419 e. The van der Waals surface area contributed by atoms with E-state index in [0.29, 0.717) is 35.1 Å². The second-order valence-electron chi connectivity index (χ2n) is 9.21. The fourth-order valence-corrected chi connectivity index (χ4v) is 5.66. The molecule has 1 aliphatic heterocycles. The van der Waals surface area contributed by atoms with Crippen molar-refractivity contribution in [2.75, 3.05) is 32.0 Å². The normalized spacial score (nSPS) is 28.8. The molecule has 168 valence electrons. The van der Waals surface area contributed by atoms with Gasteiger partial charge >= 0.3 is 6.18 Å². The van der Waals surface area contributed by atoms with E-state index in [4.69, 9.17) is 15.6 Å². The van der Waals surface area contributed by atoms with Gasteiger partial charge in [-0.15, -0.1) is 0 Å². The minimum Gasteiger partial charge on any atom is -0.383 e. The van der Waals surface area contributed by atoms with Crippen molar-refractivity contribution in [3.63, 3.8) is 0 Å². The summed E-state index contributed by atoms with van der Waals surface area (Å²) in [6, 6.07) is 3.71. The van der Waals surface area contributed by atoms with Crippen LogP contribution < -0.4 is 5.73 Å². The van der Waals surface area contributed by atoms with E-state index in [0.717, 1.165) is 38.1 Å². The number of hydrogen-bond acceptors (Lipinski definition) is 5. The van der Waals surface area contributed by atoms with Crippen LogP contribution in [0.2, 0.25) is 0 Å². The zero-order chi connectivity index (χ0) is 21.9. The third-order valence-corrected chi connectivity index (χ3v) is 7.10. The number of fused-ring (bicyclic) bond motifs is 1. The molecule has 2 aromatic heterocycles. The van der Waals surface area contributed by atoms with E-state index in [1.807, 2.05) is 10.7 Å². The fourth-order valence-electron chi connectivity index (χ4n) is 5.66. The van der Waals surface area contributed by atoms with Crippen LogP contribution in [0.4, 0.5) is 19.0 Å². The molecule has 3 fully saturated rings. The Morgan fingerprint density at radius 1 is 1.16 bits per heavy atom. The third kappa shape index (κ3) is 3.61. The van der Waals surface area contributed by atoms with Crippen molar-refractivity contribution in [2.24, 2.45) is 11.8 Å². The summed E-state index contributed by atoms with van der Waals surface area (Å²) in [5, 5.41) is 4.69. The molecule has 2 N–H and O–H groups in total. The first-order valence-electron chi connectivity index (χ1n) is 11.0. The summed E-state index contributed by atoms with van der Waals surface area (Å²) in [7, 11) is 0. The summed E-state index contributed by atoms with van der Waals surface area (Å²) < 4.78 is 47.4. The van der Waals surface area contributed by atoms with Crippen LogP contribution in [0.3, 0.4) is 0 Å². The van der Waals surface area contributed by atoms with Crippen LogP contribution in [0.15, 0.2) is 18.3 Å². The topological polar surface area (TPSA) is 69.2 Å². The highest BCUT2D eigenvalue weighted by Crippen LogP contribution is 2.64. The molecule has 1 saturated heterocycles. The highest BCUT2D eigenvalue weighted by Gasteiger charge is 2.60. The van der Waals surface area contributed by atoms with Crippen LogP contribution >= 0.6 is 0 Å². The van der Waals surface area contributed by atoms with Gasteiger partial charge in [-0.1, -0.05) is 0 Å². The molecule has 2 aromatic rings. The van der Waals surface area contributed by atoms with Gasteiger partial charge in [-0.25, -0.2) is 4.98 Å². The second kappa shape index (κ2) is 7.48. The monoisotopic (exact) mass is 435 g/mol. The van der Waals surface area contributed by atoms with Gasteiger partial charge in [0.15, 0.2) is 0 Å². The van der Waals surface area contributed by atoms with Crippen molar-refractivity contribution in [3.05, 3.63) is 29.6 Å². The Hall–Kier alpha value is -2.13. The number of pyridine rings is 1. The summed E-state index contributed by atoms with van der Waals surface area (Å²) in [5.41, 5.74) is 6.55. The quantitative estimate of drug-likeness (QED) is 0.788. The standard InChI is InChI=1S/C22H28F3N5O/c1-12(2)30-18(20-14-3-4-17(19(14)20)29-5-7-31-8-6-29)10-16(28-30)13-9-15(22(23,24)25)21(26)27-11-13/h9-12,14,17,19-20H,3-8H2,1-2H3,(H2,26,27)/t14-,17?,19-,20-/m0/s1. The number of nitrogens with zero attached hydrogens (tertiary/aromatic N) is 4. The lowest BCUT2D eigenvalue weighted by Gasteiger charge is -2.33. The predicted molar refractivity (Wildman–Crippen MR) is 110 cm³/mol. The molecule has 6 nitrogen and oxygen atoms in total. The second-order valence-corrected chi connectivity index (χ2v) is 9.21. The van der Waals surface area contributed by atoms with Gasteiger partial charge < -0.3 is 10.5 Å². The van der Waals surface area contributed by atoms with E-state index in [-0.39, 0.29) is 6.04 Å². The maximum Gasteiger partial charge on any atom is 0.419 e. The lowest BCUT2D eigenvalue weighted by Crippen LogP contribution is -2.44. The molecule has 2 aliphatic carbocycles. The van der Waals surface area contributed by atoms with Gasteiger partial charge in [-0.3, -0.25) is 9.58 Å². The maximum absolute atomic E-state index is 13.3. The number of morpholine rings is 1. The first-order valence-corrected chi connectivity index (χ1v) is 11.0. The van der Waals surface area contributed by atoms with Crippen molar-refractivity contribution in [1.29, 1.82) is 0 Å². The molecule has 31 heavy (non-hydrogen) atoms. The Morgan fingerprint density at radius 3 is 2.58 bits per heavy atom. The summed E-state index contributed by atoms with van der Waals surface area (Å²) >= 11 is 0. The zero-order valence-electron chi connectivity index (χ0n) is 17.8. The minimum absolute atomic E-state index is 0.121. The van der Waals surface area contributed by atoms with Gasteiger partial charge in [0.05, 0.1) is 24.5 Å². The first kappa shape index (κ1) is 20.8. The molecule has 1 unspecified atom stereocenters. The summed E-state index contributed by atoms with van der Waals surface area (Å²) in [6.45, 7) is 7.65. The molecule has 2 saturated carbocycles. The van der Waals surface area contributed by atoms with Crippen molar-refractivity contribution >= 4 is 5.82 Å². The Bertz CT molecular complexity index is 967. The molecule has 0 radical (unpaired) electrons. The molecule has 9 heteroatoms. The minimum atomic E-state index is -4.55.